The van der Waals surface area contributed by atoms with Gasteiger partial charge >= 0.3 is 0 Å². The minimum Gasteiger partial charge on any atom is -0.381 e. The van der Waals surface area contributed by atoms with Gasteiger partial charge in [-0.25, -0.2) is 9.97 Å². The molecule has 1 aliphatic heterocycles. The van der Waals surface area contributed by atoms with Crippen molar-refractivity contribution in [3.05, 3.63) is 18.6 Å². The zero-order chi connectivity index (χ0) is 13.1. The Hall–Kier alpha value is -1.62. The van der Waals surface area contributed by atoms with Gasteiger partial charge in [0, 0.05) is 31.8 Å². The van der Waals surface area contributed by atoms with Crippen LogP contribution in [0.3, 0.4) is 0 Å². The van der Waals surface area contributed by atoms with Gasteiger partial charge in [0.05, 0.1) is 12.0 Å². The van der Waals surface area contributed by atoms with Crippen LogP contribution in [0.4, 0.5) is 5.82 Å². The average Bonchev–Trinajstić information content (AvgIpc) is 3.07. The van der Waals surface area contributed by atoms with Gasteiger partial charge in [0.2, 0.25) is 0 Å². The third kappa shape index (κ3) is 2.56. The first-order valence-electron chi connectivity index (χ1n) is 6.99. The summed E-state index contributed by atoms with van der Waals surface area (Å²) >= 11 is 0. The predicted octanol–water partition coefficient (Wildman–Crippen LogP) is 2.21. The Bertz CT molecular complexity index is 539. The lowest BCUT2D eigenvalue weighted by atomic mass is 10.1. The maximum atomic E-state index is 5.66. The Morgan fingerprint density at radius 2 is 2.42 bits per heavy atom. The Kier molecular flexibility index (Phi) is 3.64. The molecule has 1 N–H and O–H groups in total. The second-order valence-corrected chi connectivity index (χ2v) is 5.11. The Labute approximate surface area is 113 Å². The summed E-state index contributed by atoms with van der Waals surface area (Å²) in [6.45, 7) is 5.96. The zero-order valence-electron chi connectivity index (χ0n) is 11.3. The van der Waals surface area contributed by atoms with E-state index in [1.165, 1.54) is 6.42 Å². The molecule has 0 bridgehead atoms. The largest absolute Gasteiger partial charge is 0.381 e. The van der Waals surface area contributed by atoms with Crippen molar-refractivity contribution >= 4 is 16.9 Å². The Balaban J connectivity index is 1.69. The maximum Gasteiger partial charge on any atom is 0.142 e. The number of fused-ring (bicyclic) bond motifs is 1. The first-order valence-corrected chi connectivity index (χ1v) is 6.99. The molecule has 2 aromatic rings. The van der Waals surface area contributed by atoms with E-state index in [0.717, 1.165) is 49.6 Å². The van der Waals surface area contributed by atoms with Gasteiger partial charge in [-0.05, 0) is 18.9 Å². The number of hydrogen-bond acceptors (Lipinski definition) is 4. The lowest BCUT2D eigenvalue weighted by Gasteiger charge is -2.18. The van der Waals surface area contributed by atoms with Crippen LogP contribution < -0.4 is 4.90 Å². The number of aromatic amines is 1. The summed E-state index contributed by atoms with van der Waals surface area (Å²) in [5.41, 5.74) is 0.913. The smallest absolute Gasteiger partial charge is 0.142 e. The SMILES string of the molecule is CCCOC[C@@H]1CCN(c2ncnc3[nH]ccc23)C1. The summed E-state index contributed by atoms with van der Waals surface area (Å²) in [5.74, 6) is 1.67. The molecule has 0 aliphatic carbocycles. The summed E-state index contributed by atoms with van der Waals surface area (Å²) in [6.07, 6.45) is 5.82. The molecule has 0 amide bonds. The number of nitrogens with zero attached hydrogens (tertiary/aromatic N) is 3. The van der Waals surface area contributed by atoms with E-state index < -0.39 is 0 Å². The van der Waals surface area contributed by atoms with Gasteiger partial charge in [0.15, 0.2) is 0 Å². The van der Waals surface area contributed by atoms with Crippen LogP contribution in [-0.4, -0.2) is 41.3 Å². The molecule has 0 saturated carbocycles. The van der Waals surface area contributed by atoms with Gasteiger partial charge in [-0.1, -0.05) is 6.92 Å². The molecule has 1 aliphatic rings. The number of H-pyrrole nitrogens is 1. The molecule has 1 fully saturated rings. The molecule has 1 saturated heterocycles. The highest BCUT2D eigenvalue weighted by molar-refractivity contribution is 5.87. The van der Waals surface area contributed by atoms with Crippen LogP contribution in [0.5, 0.6) is 0 Å². The second-order valence-electron chi connectivity index (χ2n) is 5.11. The third-order valence-electron chi connectivity index (χ3n) is 3.62. The number of rotatable bonds is 5. The van der Waals surface area contributed by atoms with Crippen molar-refractivity contribution in [1.29, 1.82) is 0 Å². The molecule has 5 heteroatoms. The normalized spacial score (nSPS) is 19.4. The number of ether oxygens (including phenoxy) is 1. The summed E-state index contributed by atoms with van der Waals surface area (Å²) < 4.78 is 5.66. The first kappa shape index (κ1) is 12.4. The van der Waals surface area contributed by atoms with E-state index >= 15 is 0 Å². The fourth-order valence-electron chi connectivity index (χ4n) is 2.67. The monoisotopic (exact) mass is 260 g/mol. The fourth-order valence-corrected chi connectivity index (χ4v) is 2.67. The molecular formula is C14H20N4O. The average molecular weight is 260 g/mol. The van der Waals surface area contributed by atoms with E-state index in [-0.39, 0.29) is 0 Å². The molecule has 0 unspecified atom stereocenters. The fraction of sp³-hybridized carbons (Fsp3) is 0.571. The molecule has 3 rings (SSSR count). The lowest BCUT2D eigenvalue weighted by Crippen LogP contribution is -2.22. The Morgan fingerprint density at radius 3 is 3.32 bits per heavy atom. The van der Waals surface area contributed by atoms with Crippen molar-refractivity contribution in [1.82, 2.24) is 15.0 Å². The van der Waals surface area contributed by atoms with Gasteiger partial charge in [-0.15, -0.1) is 0 Å². The summed E-state index contributed by atoms with van der Waals surface area (Å²) in [6, 6.07) is 2.05. The molecule has 102 valence electrons. The van der Waals surface area contributed by atoms with E-state index in [2.05, 4.69) is 26.8 Å². The minimum absolute atomic E-state index is 0.621. The molecule has 5 nitrogen and oxygen atoms in total. The zero-order valence-corrected chi connectivity index (χ0v) is 11.3. The highest BCUT2D eigenvalue weighted by Gasteiger charge is 2.25. The summed E-state index contributed by atoms with van der Waals surface area (Å²) in [4.78, 5) is 14.2. The van der Waals surface area contributed by atoms with Gasteiger partial charge in [-0.3, -0.25) is 0 Å². The van der Waals surface area contributed by atoms with E-state index in [0.29, 0.717) is 5.92 Å². The van der Waals surface area contributed by atoms with Crippen LogP contribution in [-0.2, 0) is 4.74 Å². The van der Waals surface area contributed by atoms with Crippen molar-refractivity contribution in [2.75, 3.05) is 31.2 Å². The molecule has 1 atom stereocenters. The van der Waals surface area contributed by atoms with E-state index in [9.17, 15) is 0 Å². The standard InChI is InChI=1S/C14H20N4O/c1-2-7-19-9-11-4-6-18(8-11)14-12-3-5-15-13(12)16-10-17-14/h3,5,10-11H,2,4,6-9H2,1H3,(H,15,16,17)/t11-/m1/s1. The highest BCUT2D eigenvalue weighted by Crippen LogP contribution is 2.27. The highest BCUT2D eigenvalue weighted by atomic mass is 16.5. The van der Waals surface area contributed by atoms with Crippen LogP contribution in [0, 0.1) is 5.92 Å². The third-order valence-corrected chi connectivity index (χ3v) is 3.62. The van der Waals surface area contributed by atoms with Crippen LogP contribution in [0.25, 0.3) is 11.0 Å². The van der Waals surface area contributed by atoms with Crippen LogP contribution in [0.2, 0.25) is 0 Å². The van der Waals surface area contributed by atoms with Gasteiger partial charge in [0.1, 0.15) is 17.8 Å². The van der Waals surface area contributed by atoms with Crippen molar-refractivity contribution in [3.63, 3.8) is 0 Å². The van der Waals surface area contributed by atoms with Crippen molar-refractivity contribution in [2.24, 2.45) is 5.92 Å². The number of nitrogens with one attached hydrogen (secondary N) is 1. The molecule has 0 radical (unpaired) electrons. The second kappa shape index (κ2) is 5.57. The van der Waals surface area contributed by atoms with Crippen molar-refractivity contribution < 1.29 is 4.74 Å². The van der Waals surface area contributed by atoms with Gasteiger partial charge in [0.25, 0.3) is 0 Å². The van der Waals surface area contributed by atoms with Gasteiger partial charge in [-0.2, -0.15) is 0 Å². The lowest BCUT2D eigenvalue weighted by molar-refractivity contribution is 0.106. The van der Waals surface area contributed by atoms with Crippen LogP contribution >= 0.6 is 0 Å². The van der Waals surface area contributed by atoms with Crippen LogP contribution in [0.15, 0.2) is 18.6 Å². The Morgan fingerprint density at radius 1 is 1.47 bits per heavy atom. The van der Waals surface area contributed by atoms with Crippen molar-refractivity contribution in [2.45, 2.75) is 19.8 Å². The number of hydrogen-bond donors (Lipinski definition) is 1. The molecular weight excluding hydrogens is 240 g/mol. The minimum atomic E-state index is 0.621. The van der Waals surface area contributed by atoms with Crippen molar-refractivity contribution in [3.8, 4) is 0 Å². The first-order chi connectivity index (χ1) is 9.38. The topological polar surface area (TPSA) is 54.0 Å². The molecule has 19 heavy (non-hydrogen) atoms. The maximum absolute atomic E-state index is 5.66. The quantitative estimate of drug-likeness (QED) is 0.837. The van der Waals surface area contributed by atoms with E-state index in [1.807, 2.05) is 12.3 Å². The van der Waals surface area contributed by atoms with Gasteiger partial charge < -0.3 is 14.6 Å². The molecule has 0 aromatic carbocycles. The van der Waals surface area contributed by atoms with Crippen LogP contribution in [0.1, 0.15) is 19.8 Å². The molecule has 0 spiro atoms. The van der Waals surface area contributed by atoms with E-state index in [1.54, 1.807) is 6.33 Å². The summed E-state index contributed by atoms with van der Waals surface area (Å²) in [7, 11) is 0. The predicted molar refractivity (Wildman–Crippen MR) is 75.3 cm³/mol. The molecule has 2 aromatic heterocycles. The number of anilines is 1. The number of aromatic nitrogens is 3. The summed E-state index contributed by atoms with van der Waals surface area (Å²) in [5, 5.41) is 1.11. The molecule has 3 heterocycles. The van der Waals surface area contributed by atoms with E-state index in [4.69, 9.17) is 4.74 Å².